The summed E-state index contributed by atoms with van der Waals surface area (Å²) in [7, 11) is 0. The van der Waals surface area contributed by atoms with Crippen LogP contribution in [0.15, 0.2) is 0 Å². The van der Waals surface area contributed by atoms with Crippen molar-refractivity contribution in [3.8, 4) is 0 Å². The van der Waals surface area contributed by atoms with Crippen LogP contribution in [0.4, 0.5) is 9.59 Å². The Bertz CT molecular complexity index is 381. The molecule has 1 heterocycles. The fraction of sp³-hybridized carbons (Fsp3) is 0.750. The van der Waals surface area contributed by atoms with E-state index in [9.17, 15) is 14.4 Å². The zero-order valence-electron chi connectivity index (χ0n) is 11.8. The summed E-state index contributed by atoms with van der Waals surface area (Å²) in [5.41, 5.74) is -0.669. The number of alkyl carbamates (subject to hydrolysis) is 1. The second-order valence-corrected chi connectivity index (χ2v) is 5.80. The molecular formula is C12H20N2O6. The zero-order valence-corrected chi connectivity index (χ0v) is 11.8. The Morgan fingerprint density at radius 1 is 1.20 bits per heavy atom. The number of amides is 2. The number of nitrogens with one attached hydrogen (secondary N) is 1. The molecule has 2 amide bonds. The first kappa shape index (κ1) is 16.1. The minimum atomic E-state index is -1.20. The van der Waals surface area contributed by atoms with Crippen molar-refractivity contribution >= 4 is 18.2 Å². The van der Waals surface area contributed by atoms with Crippen molar-refractivity contribution < 1.29 is 29.3 Å². The van der Waals surface area contributed by atoms with Crippen LogP contribution < -0.4 is 5.32 Å². The number of piperidine rings is 1. The molecule has 0 aliphatic carbocycles. The summed E-state index contributed by atoms with van der Waals surface area (Å²) in [6.07, 6.45) is -1.70. The van der Waals surface area contributed by atoms with E-state index in [0.29, 0.717) is 0 Å². The Hall–Kier alpha value is -1.99. The van der Waals surface area contributed by atoms with Crippen molar-refractivity contribution in [1.29, 1.82) is 0 Å². The lowest BCUT2D eigenvalue weighted by molar-refractivity contribution is -0.143. The highest BCUT2D eigenvalue weighted by Crippen LogP contribution is 2.18. The summed E-state index contributed by atoms with van der Waals surface area (Å²) >= 11 is 0. The molecule has 0 radical (unpaired) electrons. The predicted octanol–water partition coefficient (Wildman–Crippen LogP) is 0.964. The van der Waals surface area contributed by atoms with Gasteiger partial charge in [-0.3, -0.25) is 4.79 Å². The number of carbonyl (C=O) groups is 3. The van der Waals surface area contributed by atoms with Crippen molar-refractivity contribution in [3.05, 3.63) is 0 Å². The van der Waals surface area contributed by atoms with Gasteiger partial charge in [-0.05, 0) is 27.2 Å². The third kappa shape index (κ3) is 4.94. The van der Waals surface area contributed by atoms with Gasteiger partial charge >= 0.3 is 18.2 Å². The van der Waals surface area contributed by atoms with E-state index in [1.807, 2.05) is 0 Å². The molecule has 0 saturated carbocycles. The Balaban J connectivity index is 2.66. The summed E-state index contributed by atoms with van der Waals surface area (Å²) in [4.78, 5) is 34.6. The van der Waals surface area contributed by atoms with Gasteiger partial charge in [0.25, 0.3) is 0 Å². The van der Waals surface area contributed by atoms with E-state index in [0.717, 1.165) is 4.90 Å². The van der Waals surface area contributed by atoms with E-state index in [2.05, 4.69) is 5.32 Å². The van der Waals surface area contributed by atoms with Gasteiger partial charge in [0.1, 0.15) is 5.60 Å². The molecule has 0 aromatic heterocycles. The quantitative estimate of drug-likeness (QED) is 0.697. The highest BCUT2D eigenvalue weighted by molar-refractivity contribution is 5.73. The molecule has 1 aliphatic heterocycles. The molecule has 1 saturated heterocycles. The van der Waals surface area contributed by atoms with E-state index < -0.39 is 35.7 Å². The number of rotatable bonds is 2. The number of ether oxygens (including phenoxy) is 1. The van der Waals surface area contributed by atoms with Crippen LogP contribution in [0.25, 0.3) is 0 Å². The molecule has 0 aromatic rings. The molecule has 3 N–H and O–H groups in total. The molecule has 1 rings (SSSR count). The molecule has 114 valence electrons. The third-order valence-corrected chi connectivity index (χ3v) is 2.79. The summed E-state index contributed by atoms with van der Waals surface area (Å²) in [5.74, 6) is -1.91. The van der Waals surface area contributed by atoms with Crippen molar-refractivity contribution in [2.75, 3.05) is 13.1 Å². The maximum absolute atomic E-state index is 11.6. The molecule has 0 spiro atoms. The summed E-state index contributed by atoms with van der Waals surface area (Å²) in [6, 6.07) is -0.573. The van der Waals surface area contributed by atoms with Gasteiger partial charge in [-0.1, -0.05) is 0 Å². The Morgan fingerprint density at radius 2 is 1.80 bits per heavy atom. The van der Waals surface area contributed by atoms with Gasteiger partial charge < -0.3 is 25.2 Å². The summed E-state index contributed by atoms with van der Waals surface area (Å²) < 4.78 is 5.07. The molecule has 0 bridgehead atoms. The van der Waals surface area contributed by atoms with Crippen LogP contribution in [0.2, 0.25) is 0 Å². The SMILES string of the molecule is CC(C)(C)OC(=O)N[C@H]1C[C@H](C(=O)O)CN(C(=O)O)C1. The second kappa shape index (κ2) is 5.98. The van der Waals surface area contributed by atoms with Crippen LogP contribution in [-0.4, -0.2) is 58.0 Å². The van der Waals surface area contributed by atoms with E-state index in [1.54, 1.807) is 20.8 Å². The van der Waals surface area contributed by atoms with Crippen molar-refractivity contribution in [2.45, 2.75) is 38.8 Å². The standard InChI is InChI=1S/C12H20N2O6/c1-12(2,3)20-10(17)13-8-4-7(9(15)16)5-14(6-8)11(18)19/h7-8H,4-6H2,1-3H3,(H,13,17)(H,15,16)(H,18,19)/t7-,8-/m0/s1. The zero-order chi connectivity index (χ0) is 15.5. The predicted molar refractivity (Wildman–Crippen MR) is 68.5 cm³/mol. The molecule has 1 fully saturated rings. The monoisotopic (exact) mass is 288 g/mol. The van der Waals surface area contributed by atoms with Crippen LogP contribution in [0, 0.1) is 5.92 Å². The van der Waals surface area contributed by atoms with E-state index >= 15 is 0 Å². The molecule has 8 heteroatoms. The van der Waals surface area contributed by atoms with Crippen LogP contribution in [0.1, 0.15) is 27.2 Å². The molecular weight excluding hydrogens is 268 g/mol. The maximum Gasteiger partial charge on any atom is 0.407 e. The Morgan fingerprint density at radius 3 is 2.25 bits per heavy atom. The number of likely N-dealkylation sites (tertiary alicyclic amines) is 1. The normalized spacial score (nSPS) is 23.1. The summed E-state index contributed by atoms with van der Waals surface area (Å²) in [5, 5.41) is 20.5. The Kier molecular flexibility index (Phi) is 4.80. The largest absolute Gasteiger partial charge is 0.481 e. The van der Waals surface area contributed by atoms with Gasteiger partial charge in [0.05, 0.1) is 12.0 Å². The first-order valence-electron chi connectivity index (χ1n) is 6.28. The first-order valence-corrected chi connectivity index (χ1v) is 6.28. The molecule has 1 aliphatic rings. The fourth-order valence-electron chi connectivity index (χ4n) is 2.01. The molecule has 20 heavy (non-hydrogen) atoms. The molecule has 2 atom stereocenters. The average Bonchev–Trinajstić information content (AvgIpc) is 2.25. The highest BCUT2D eigenvalue weighted by Gasteiger charge is 2.35. The number of carbonyl (C=O) groups excluding carboxylic acids is 1. The van der Waals surface area contributed by atoms with E-state index in [-0.39, 0.29) is 19.5 Å². The summed E-state index contributed by atoms with van der Waals surface area (Å²) in [6.45, 7) is 5.10. The molecule has 0 aromatic carbocycles. The van der Waals surface area contributed by atoms with Gasteiger partial charge in [0, 0.05) is 13.1 Å². The lowest BCUT2D eigenvalue weighted by Crippen LogP contribution is -2.54. The smallest absolute Gasteiger partial charge is 0.407 e. The fourth-order valence-corrected chi connectivity index (χ4v) is 2.01. The van der Waals surface area contributed by atoms with Crippen LogP contribution in [0.5, 0.6) is 0 Å². The van der Waals surface area contributed by atoms with Gasteiger partial charge in [-0.2, -0.15) is 0 Å². The maximum atomic E-state index is 11.6. The minimum Gasteiger partial charge on any atom is -0.481 e. The van der Waals surface area contributed by atoms with Crippen molar-refractivity contribution in [1.82, 2.24) is 10.2 Å². The lowest BCUT2D eigenvalue weighted by atomic mass is 9.94. The number of carboxylic acid groups (broad SMARTS) is 2. The van der Waals surface area contributed by atoms with E-state index in [1.165, 1.54) is 0 Å². The van der Waals surface area contributed by atoms with Gasteiger partial charge in [-0.25, -0.2) is 9.59 Å². The molecule has 8 nitrogen and oxygen atoms in total. The van der Waals surface area contributed by atoms with Crippen LogP contribution in [0.3, 0.4) is 0 Å². The van der Waals surface area contributed by atoms with Gasteiger partial charge in [0.15, 0.2) is 0 Å². The minimum absolute atomic E-state index is 0.0539. The van der Waals surface area contributed by atoms with Crippen molar-refractivity contribution in [2.24, 2.45) is 5.92 Å². The van der Waals surface area contributed by atoms with Gasteiger partial charge in [0.2, 0.25) is 0 Å². The first-order chi connectivity index (χ1) is 9.08. The van der Waals surface area contributed by atoms with Gasteiger partial charge in [-0.15, -0.1) is 0 Å². The molecule has 0 unspecified atom stereocenters. The number of carboxylic acids is 1. The number of aliphatic carboxylic acids is 1. The van der Waals surface area contributed by atoms with E-state index in [4.69, 9.17) is 14.9 Å². The average molecular weight is 288 g/mol. The second-order valence-electron chi connectivity index (χ2n) is 5.80. The van der Waals surface area contributed by atoms with Crippen molar-refractivity contribution in [3.63, 3.8) is 0 Å². The number of nitrogens with zero attached hydrogens (tertiary/aromatic N) is 1. The number of hydrogen-bond acceptors (Lipinski definition) is 4. The lowest BCUT2D eigenvalue weighted by Gasteiger charge is -2.35. The van der Waals surface area contributed by atoms with Crippen LogP contribution in [-0.2, 0) is 9.53 Å². The third-order valence-electron chi connectivity index (χ3n) is 2.79. The number of hydrogen-bond donors (Lipinski definition) is 3. The van der Waals surface area contributed by atoms with Crippen LogP contribution >= 0.6 is 0 Å². The highest BCUT2D eigenvalue weighted by atomic mass is 16.6. The Labute approximate surface area is 116 Å². The topological polar surface area (TPSA) is 116 Å².